The molecule has 0 spiro atoms. The molecule has 2 aromatic carbocycles. The van der Waals surface area contributed by atoms with Gasteiger partial charge in [-0.3, -0.25) is 0 Å². The van der Waals surface area contributed by atoms with Gasteiger partial charge in [-0.2, -0.15) is 0 Å². The first kappa shape index (κ1) is 13.8. The molecule has 0 saturated carbocycles. The Morgan fingerprint density at radius 3 is 1.35 bits per heavy atom. The zero-order valence-corrected chi connectivity index (χ0v) is 18.2. The molecule has 0 radical (unpaired) electrons. The molecule has 0 N–H and O–H groups in total. The monoisotopic (exact) mass is 540 g/mol. The Morgan fingerprint density at radius 2 is 1.00 bits per heavy atom. The van der Waals surface area contributed by atoms with Crippen molar-refractivity contribution in [2.75, 3.05) is 0 Å². The van der Waals surface area contributed by atoms with Gasteiger partial charge in [-0.25, -0.2) is 0 Å². The first-order chi connectivity index (χ1) is 8.24. The summed E-state index contributed by atoms with van der Waals surface area (Å²) >= 11 is 6.16. The maximum absolute atomic E-state index is 3.47. The third kappa shape index (κ3) is 4.84. The minimum absolute atomic E-state index is 0.783. The molecule has 17 heavy (non-hydrogen) atoms. The van der Waals surface area contributed by atoms with Crippen molar-refractivity contribution in [2.45, 2.75) is 7.86 Å². The van der Waals surface area contributed by atoms with Gasteiger partial charge in [0, 0.05) is 0 Å². The molecule has 3 heteroatoms. The molecule has 84 valence electrons. The molecule has 0 atom stereocenters. The fourth-order valence-corrected chi connectivity index (χ4v) is 8.78. The molecular weight excluding hydrogens is 529 g/mol. The SMILES string of the molecule is Brc1ccc([CH2][Hg][CH2]c2ccc(Br)cc2)cc1. The normalized spacial score (nSPS) is 10.0. The van der Waals surface area contributed by atoms with Gasteiger partial charge in [0.2, 0.25) is 0 Å². The summed E-state index contributed by atoms with van der Waals surface area (Å²) in [4.78, 5) is 0. The standard InChI is InChI=1S/2C7H6Br.Hg/c2*1-6-2-4-7(8)5-3-6;/h2*2-5H,1H2;. The van der Waals surface area contributed by atoms with Crippen molar-refractivity contribution in [3.8, 4) is 0 Å². The van der Waals surface area contributed by atoms with Crippen LogP contribution in [-0.4, -0.2) is 0 Å². The summed E-state index contributed by atoms with van der Waals surface area (Å²) in [7, 11) is 0. The molecule has 0 aliphatic carbocycles. The van der Waals surface area contributed by atoms with Gasteiger partial charge < -0.3 is 0 Å². The van der Waals surface area contributed by atoms with Crippen molar-refractivity contribution in [3.63, 3.8) is 0 Å². The fraction of sp³-hybridized carbons (Fsp3) is 0.143. The van der Waals surface area contributed by atoms with Crippen LogP contribution in [0, 0.1) is 0 Å². The van der Waals surface area contributed by atoms with Gasteiger partial charge in [-0.15, -0.1) is 0 Å². The molecule has 2 aromatic rings. The molecule has 0 amide bonds. The number of hydrogen-bond acceptors (Lipinski definition) is 0. The number of benzene rings is 2. The van der Waals surface area contributed by atoms with Crippen molar-refractivity contribution in [1.82, 2.24) is 0 Å². The van der Waals surface area contributed by atoms with Crippen LogP contribution in [0.2, 0.25) is 0 Å². The van der Waals surface area contributed by atoms with Crippen LogP contribution in [0.3, 0.4) is 0 Å². The Labute approximate surface area is 132 Å². The summed E-state index contributed by atoms with van der Waals surface area (Å²) in [5, 5.41) is 0. The number of halogens is 2. The van der Waals surface area contributed by atoms with Gasteiger partial charge >= 0.3 is 133 Å². The Bertz CT molecular complexity index is 417. The average Bonchev–Trinajstić information content (AvgIpc) is 2.34. The van der Waals surface area contributed by atoms with Gasteiger partial charge in [0.05, 0.1) is 0 Å². The molecule has 0 aliphatic rings. The first-order valence-electron chi connectivity index (χ1n) is 5.73. The third-order valence-electron chi connectivity index (χ3n) is 2.76. The van der Waals surface area contributed by atoms with Crippen LogP contribution in [0.1, 0.15) is 11.1 Å². The van der Waals surface area contributed by atoms with Crippen LogP contribution >= 0.6 is 31.9 Å². The van der Waals surface area contributed by atoms with E-state index in [0.717, 1.165) is 0 Å². The van der Waals surface area contributed by atoms with E-state index in [-0.39, 0.29) is 0 Å². The molecule has 0 unspecified atom stereocenters. The Balaban J connectivity index is 1.83. The van der Waals surface area contributed by atoms with Gasteiger partial charge in [0.25, 0.3) is 0 Å². The zero-order valence-electron chi connectivity index (χ0n) is 9.50. The summed E-state index contributed by atoms with van der Waals surface area (Å²) in [6.45, 7) is 0. The van der Waals surface area contributed by atoms with Crippen LogP contribution in [0.5, 0.6) is 0 Å². The van der Waals surface area contributed by atoms with E-state index < -0.39 is 24.6 Å². The Kier molecular flexibility index (Phi) is 5.71. The van der Waals surface area contributed by atoms with Crippen LogP contribution in [0.15, 0.2) is 57.5 Å². The van der Waals surface area contributed by atoms with E-state index in [1.807, 2.05) is 0 Å². The van der Waals surface area contributed by atoms with Crippen LogP contribution < -0.4 is 0 Å². The summed E-state index contributed by atoms with van der Waals surface area (Å²) in [6, 6.07) is 17.5. The predicted molar refractivity (Wildman–Crippen MR) is 75.7 cm³/mol. The average molecular weight is 541 g/mol. The molecule has 0 heterocycles. The van der Waals surface area contributed by atoms with E-state index in [9.17, 15) is 0 Å². The summed E-state index contributed by atoms with van der Waals surface area (Å²) in [6.07, 6.45) is 0. The van der Waals surface area contributed by atoms with E-state index >= 15 is 0 Å². The van der Waals surface area contributed by atoms with Gasteiger partial charge in [-0.05, 0) is 0 Å². The Morgan fingerprint density at radius 1 is 0.647 bits per heavy atom. The second-order valence-corrected chi connectivity index (χ2v) is 12.6. The molecule has 2 rings (SSSR count). The molecule has 0 nitrogen and oxygen atoms in total. The van der Waals surface area contributed by atoms with Gasteiger partial charge in [0.1, 0.15) is 0 Å². The molecule has 0 aromatic heterocycles. The predicted octanol–water partition coefficient (Wildman–Crippen LogP) is 4.99. The number of rotatable bonds is 4. The first-order valence-corrected chi connectivity index (χ1v) is 15.1. The molecule has 0 aliphatic heterocycles. The van der Waals surface area contributed by atoms with Gasteiger partial charge in [-0.1, -0.05) is 0 Å². The second-order valence-electron chi connectivity index (χ2n) is 4.11. The maximum atomic E-state index is 3.47. The summed E-state index contributed by atoms with van der Waals surface area (Å²) in [5.41, 5.74) is 3.01. The summed E-state index contributed by atoms with van der Waals surface area (Å²) < 4.78 is 5.07. The molecule has 0 bridgehead atoms. The molecule has 0 saturated heterocycles. The van der Waals surface area contributed by atoms with Gasteiger partial charge in [0.15, 0.2) is 0 Å². The van der Waals surface area contributed by atoms with Crippen molar-refractivity contribution >= 4 is 31.9 Å². The van der Waals surface area contributed by atoms with Crippen LogP contribution in [0.4, 0.5) is 0 Å². The van der Waals surface area contributed by atoms with E-state index in [2.05, 4.69) is 80.4 Å². The third-order valence-corrected chi connectivity index (χ3v) is 11.1. The van der Waals surface area contributed by atoms with E-state index in [4.69, 9.17) is 0 Å². The van der Waals surface area contributed by atoms with Crippen LogP contribution in [-0.2, 0) is 32.4 Å². The van der Waals surface area contributed by atoms with Crippen molar-refractivity contribution < 1.29 is 24.6 Å². The Hall–Kier alpha value is 0.335. The van der Waals surface area contributed by atoms with Crippen molar-refractivity contribution in [3.05, 3.63) is 68.6 Å². The second kappa shape index (κ2) is 7.05. The van der Waals surface area contributed by atoms with Crippen molar-refractivity contribution in [2.24, 2.45) is 0 Å². The molecular formula is C14H12Br2Hg. The fourth-order valence-electron chi connectivity index (χ4n) is 1.80. The van der Waals surface area contributed by atoms with E-state index in [1.54, 1.807) is 0 Å². The zero-order chi connectivity index (χ0) is 12.1. The van der Waals surface area contributed by atoms with E-state index in [1.165, 1.54) is 27.9 Å². The minimum atomic E-state index is -0.783. The quantitative estimate of drug-likeness (QED) is 0.480. The summed E-state index contributed by atoms with van der Waals surface area (Å²) in [5.74, 6) is 0. The van der Waals surface area contributed by atoms with Crippen LogP contribution in [0.25, 0.3) is 0 Å². The topological polar surface area (TPSA) is 0 Å². The number of hydrogen-bond donors (Lipinski definition) is 0. The van der Waals surface area contributed by atoms with E-state index in [0.29, 0.717) is 0 Å². The van der Waals surface area contributed by atoms with Crippen molar-refractivity contribution in [1.29, 1.82) is 0 Å². The molecule has 0 fully saturated rings.